The second kappa shape index (κ2) is 5.93. The van der Waals surface area contributed by atoms with Crippen molar-refractivity contribution in [2.45, 2.75) is 52.2 Å². The number of nitrogens with zero attached hydrogens (tertiary/aromatic N) is 4. The molecule has 0 amide bonds. The maximum atomic E-state index is 6.06. The third-order valence-corrected chi connectivity index (χ3v) is 3.16. The van der Waals surface area contributed by atoms with Crippen LogP contribution in [-0.4, -0.2) is 45.9 Å². The van der Waals surface area contributed by atoms with Crippen LogP contribution in [0.15, 0.2) is 0 Å². The molecule has 6 nitrogen and oxygen atoms in total. The minimum absolute atomic E-state index is 0.146. The van der Waals surface area contributed by atoms with E-state index in [0.717, 1.165) is 6.42 Å². The number of hydrogen-bond acceptors (Lipinski definition) is 6. The Kier molecular flexibility index (Phi) is 4.58. The summed E-state index contributed by atoms with van der Waals surface area (Å²) in [6.45, 7) is 12.2. The number of anilines is 1. The van der Waals surface area contributed by atoms with E-state index in [-0.39, 0.29) is 22.5 Å². The second-order valence-electron chi connectivity index (χ2n) is 6.51. The van der Waals surface area contributed by atoms with Gasteiger partial charge in [0, 0.05) is 13.1 Å². The molecule has 21 heavy (non-hydrogen) atoms. The van der Waals surface area contributed by atoms with Gasteiger partial charge in [0.2, 0.25) is 11.2 Å². The summed E-state index contributed by atoms with van der Waals surface area (Å²) in [6, 6.07) is 0.272. The molecule has 0 atom stereocenters. The van der Waals surface area contributed by atoms with Crippen LogP contribution in [0, 0.1) is 0 Å². The normalized spacial score (nSPS) is 20.4. The molecule has 1 fully saturated rings. The second-order valence-corrected chi connectivity index (χ2v) is 6.85. The van der Waals surface area contributed by atoms with Crippen LogP contribution in [0.5, 0.6) is 6.01 Å². The van der Waals surface area contributed by atoms with E-state index >= 15 is 0 Å². The molecule has 0 spiro atoms. The van der Waals surface area contributed by atoms with E-state index < -0.39 is 0 Å². The van der Waals surface area contributed by atoms with Gasteiger partial charge in [-0.3, -0.25) is 0 Å². The van der Waals surface area contributed by atoms with Crippen LogP contribution < -0.4 is 9.64 Å². The maximum Gasteiger partial charge on any atom is 0.322 e. The van der Waals surface area contributed by atoms with Gasteiger partial charge in [-0.15, -0.1) is 0 Å². The van der Waals surface area contributed by atoms with Crippen molar-refractivity contribution in [2.75, 3.05) is 24.6 Å². The first-order chi connectivity index (χ1) is 9.71. The van der Waals surface area contributed by atoms with Crippen LogP contribution in [0.25, 0.3) is 0 Å². The molecule has 7 heteroatoms. The van der Waals surface area contributed by atoms with Crippen LogP contribution in [0.4, 0.5) is 5.95 Å². The number of rotatable bonds is 4. The van der Waals surface area contributed by atoms with Crippen molar-refractivity contribution in [3.05, 3.63) is 5.28 Å². The Bertz CT molecular complexity index is 492. The van der Waals surface area contributed by atoms with Crippen molar-refractivity contribution in [3.63, 3.8) is 0 Å². The highest BCUT2D eigenvalue weighted by Gasteiger charge is 2.39. The average Bonchev–Trinajstić information content (AvgIpc) is 2.32. The van der Waals surface area contributed by atoms with Crippen molar-refractivity contribution in [2.24, 2.45) is 0 Å². The Balaban J connectivity index is 2.26. The van der Waals surface area contributed by atoms with Gasteiger partial charge in [-0.05, 0) is 45.7 Å². The molecular formula is C14H23ClN4O2. The van der Waals surface area contributed by atoms with Crippen molar-refractivity contribution >= 4 is 17.5 Å². The van der Waals surface area contributed by atoms with E-state index in [0.29, 0.717) is 25.6 Å². The molecule has 0 N–H and O–H groups in total. The van der Waals surface area contributed by atoms with Gasteiger partial charge >= 0.3 is 6.01 Å². The Morgan fingerprint density at radius 3 is 2.33 bits per heavy atom. The van der Waals surface area contributed by atoms with Gasteiger partial charge < -0.3 is 14.4 Å². The van der Waals surface area contributed by atoms with Crippen LogP contribution in [0.3, 0.4) is 0 Å². The summed E-state index contributed by atoms with van der Waals surface area (Å²) in [5.41, 5.74) is -0.573. The quantitative estimate of drug-likeness (QED) is 0.851. The zero-order valence-electron chi connectivity index (χ0n) is 13.3. The summed E-state index contributed by atoms with van der Waals surface area (Å²) < 4.78 is 11.5. The lowest BCUT2D eigenvalue weighted by Gasteiger charge is -2.47. The SMILES string of the molecule is CCCOc1nc(Cl)nc(N2CC(C)(C)OC(C)(C)C2)n1. The molecule has 1 aliphatic rings. The average molecular weight is 315 g/mol. The first kappa shape index (κ1) is 16.2. The monoisotopic (exact) mass is 314 g/mol. The molecule has 1 saturated heterocycles. The summed E-state index contributed by atoms with van der Waals surface area (Å²) >= 11 is 5.99. The Labute approximate surface area is 130 Å². The first-order valence-corrected chi connectivity index (χ1v) is 7.58. The summed E-state index contributed by atoms with van der Waals surface area (Å²) in [5.74, 6) is 0.533. The number of aromatic nitrogens is 3. The third-order valence-electron chi connectivity index (χ3n) is 2.99. The highest BCUT2D eigenvalue weighted by Crippen LogP contribution is 2.30. The van der Waals surface area contributed by atoms with Crippen molar-refractivity contribution < 1.29 is 9.47 Å². The Morgan fingerprint density at radius 2 is 1.76 bits per heavy atom. The molecule has 1 aromatic rings. The van der Waals surface area contributed by atoms with E-state index in [1.165, 1.54) is 0 Å². The van der Waals surface area contributed by atoms with Gasteiger partial charge in [0.05, 0.1) is 17.8 Å². The Hall–Kier alpha value is -1.14. The predicted octanol–water partition coefficient (Wildman–Crippen LogP) is 2.71. The minimum atomic E-state index is -0.286. The molecular weight excluding hydrogens is 292 g/mol. The molecule has 0 bridgehead atoms. The summed E-state index contributed by atoms with van der Waals surface area (Å²) in [6.07, 6.45) is 0.885. The lowest BCUT2D eigenvalue weighted by atomic mass is 9.99. The van der Waals surface area contributed by atoms with Crippen molar-refractivity contribution in [3.8, 4) is 6.01 Å². The van der Waals surface area contributed by atoms with Crippen LogP contribution in [0.2, 0.25) is 5.28 Å². The molecule has 0 aromatic carbocycles. The zero-order valence-corrected chi connectivity index (χ0v) is 14.1. The molecule has 0 radical (unpaired) electrons. The zero-order chi connectivity index (χ0) is 15.7. The van der Waals surface area contributed by atoms with E-state index in [2.05, 4.69) is 47.5 Å². The summed E-state index contributed by atoms with van der Waals surface area (Å²) in [5, 5.41) is 0.146. The highest BCUT2D eigenvalue weighted by molar-refractivity contribution is 6.28. The van der Waals surface area contributed by atoms with Crippen LogP contribution >= 0.6 is 11.6 Å². The van der Waals surface area contributed by atoms with E-state index in [4.69, 9.17) is 21.1 Å². The van der Waals surface area contributed by atoms with Gasteiger partial charge in [0.15, 0.2) is 0 Å². The smallest absolute Gasteiger partial charge is 0.322 e. The first-order valence-electron chi connectivity index (χ1n) is 7.20. The molecule has 118 valence electrons. The molecule has 1 aliphatic heterocycles. The predicted molar refractivity (Wildman–Crippen MR) is 82.1 cm³/mol. The molecule has 2 heterocycles. The Morgan fingerprint density at radius 1 is 1.14 bits per heavy atom. The molecule has 0 aliphatic carbocycles. The highest BCUT2D eigenvalue weighted by atomic mass is 35.5. The van der Waals surface area contributed by atoms with Crippen LogP contribution in [0.1, 0.15) is 41.0 Å². The van der Waals surface area contributed by atoms with E-state index in [1.54, 1.807) is 0 Å². The molecule has 0 unspecified atom stereocenters. The fourth-order valence-electron chi connectivity index (χ4n) is 2.65. The van der Waals surface area contributed by atoms with Crippen LogP contribution in [-0.2, 0) is 4.74 Å². The molecule has 1 aromatic heterocycles. The van der Waals surface area contributed by atoms with E-state index in [9.17, 15) is 0 Å². The minimum Gasteiger partial charge on any atom is -0.463 e. The fourth-order valence-corrected chi connectivity index (χ4v) is 2.80. The number of hydrogen-bond donors (Lipinski definition) is 0. The summed E-state index contributed by atoms with van der Waals surface area (Å²) in [4.78, 5) is 14.7. The lowest BCUT2D eigenvalue weighted by Crippen LogP contribution is -2.57. The number of morpholine rings is 1. The molecule has 2 rings (SSSR count). The van der Waals surface area contributed by atoms with Gasteiger partial charge in [0.1, 0.15) is 0 Å². The van der Waals surface area contributed by atoms with Gasteiger partial charge in [-0.2, -0.15) is 15.0 Å². The van der Waals surface area contributed by atoms with Gasteiger partial charge in [-0.25, -0.2) is 0 Å². The largest absolute Gasteiger partial charge is 0.463 e. The fraction of sp³-hybridized carbons (Fsp3) is 0.786. The number of halogens is 1. The number of ether oxygens (including phenoxy) is 2. The molecule has 0 saturated carbocycles. The van der Waals surface area contributed by atoms with E-state index in [1.807, 2.05) is 6.92 Å². The summed E-state index contributed by atoms with van der Waals surface area (Å²) in [7, 11) is 0. The topological polar surface area (TPSA) is 60.4 Å². The van der Waals surface area contributed by atoms with Gasteiger partial charge in [-0.1, -0.05) is 6.92 Å². The van der Waals surface area contributed by atoms with Crippen molar-refractivity contribution in [1.82, 2.24) is 15.0 Å². The van der Waals surface area contributed by atoms with Crippen molar-refractivity contribution in [1.29, 1.82) is 0 Å². The standard InChI is InChI=1S/C14H23ClN4O2/c1-6-7-20-12-17-10(15)16-11(18-12)19-8-13(2,3)21-14(4,5)9-19/h6-9H2,1-5H3. The third kappa shape index (κ3) is 4.41. The maximum absolute atomic E-state index is 6.06. The van der Waals surface area contributed by atoms with Gasteiger partial charge in [0.25, 0.3) is 0 Å². The lowest BCUT2D eigenvalue weighted by molar-refractivity contribution is -0.133.